The molecule has 0 amide bonds. The fraction of sp³-hybridized carbons (Fsp3) is 0.462. The summed E-state index contributed by atoms with van der Waals surface area (Å²) in [5, 5.41) is 0.999. The number of rotatable bonds is 6. The molecule has 0 saturated carbocycles. The summed E-state index contributed by atoms with van der Waals surface area (Å²) in [5.41, 5.74) is 6.48. The molecule has 4 heteroatoms. The Balaban J connectivity index is 2.58. The number of Topliss-reactive ketones (excluding diaryl/α,β-unsaturated/α-hetero) is 1. The maximum absolute atomic E-state index is 11.8. The highest BCUT2D eigenvalue weighted by molar-refractivity contribution is 6.42. The SMILES string of the molecule is CCC(CN)CC(=O)Cc1ccc(Cl)c(Cl)c1. The molecule has 0 aliphatic heterocycles. The number of halogens is 2. The molecule has 2 nitrogen and oxygen atoms in total. The zero-order valence-electron chi connectivity index (χ0n) is 9.88. The molecule has 0 aliphatic rings. The van der Waals surface area contributed by atoms with Crippen molar-refractivity contribution < 1.29 is 4.79 Å². The largest absolute Gasteiger partial charge is 0.330 e. The van der Waals surface area contributed by atoms with E-state index in [0.29, 0.717) is 29.4 Å². The smallest absolute Gasteiger partial charge is 0.137 e. The van der Waals surface area contributed by atoms with Gasteiger partial charge in [0.05, 0.1) is 10.0 Å². The second-order valence-corrected chi connectivity index (χ2v) is 4.99. The van der Waals surface area contributed by atoms with Crippen LogP contribution in [0.4, 0.5) is 0 Å². The summed E-state index contributed by atoms with van der Waals surface area (Å²) < 4.78 is 0. The number of benzene rings is 1. The van der Waals surface area contributed by atoms with E-state index in [9.17, 15) is 4.79 Å². The van der Waals surface area contributed by atoms with Gasteiger partial charge in [0.2, 0.25) is 0 Å². The van der Waals surface area contributed by atoms with Crippen molar-refractivity contribution >= 4 is 29.0 Å². The Labute approximate surface area is 112 Å². The Kier molecular flexibility index (Phi) is 5.96. The number of carbonyl (C=O) groups is 1. The molecule has 0 radical (unpaired) electrons. The molecule has 0 spiro atoms. The average molecular weight is 274 g/mol. The maximum Gasteiger partial charge on any atom is 0.137 e. The minimum Gasteiger partial charge on any atom is -0.330 e. The predicted octanol–water partition coefficient (Wildman–Crippen LogP) is 3.48. The molecule has 1 aromatic rings. The average Bonchev–Trinajstić information content (AvgIpc) is 2.31. The van der Waals surface area contributed by atoms with Crippen LogP contribution >= 0.6 is 23.2 Å². The second kappa shape index (κ2) is 7.00. The number of hydrogen-bond donors (Lipinski definition) is 1. The lowest BCUT2D eigenvalue weighted by atomic mass is 9.96. The fourth-order valence-corrected chi connectivity index (χ4v) is 1.99. The highest BCUT2D eigenvalue weighted by atomic mass is 35.5. The fourth-order valence-electron chi connectivity index (χ4n) is 1.67. The van der Waals surface area contributed by atoms with Gasteiger partial charge in [-0.05, 0) is 30.2 Å². The molecular weight excluding hydrogens is 257 g/mol. The van der Waals surface area contributed by atoms with Crippen molar-refractivity contribution in [3.05, 3.63) is 33.8 Å². The van der Waals surface area contributed by atoms with Crippen LogP contribution in [0.15, 0.2) is 18.2 Å². The topological polar surface area (TPSA) is 43.1 Å². The first-order valence-corrected chi connectivity index (χ1v) is 6.48. The molecule has 0 aromatic heterocycles. The maximum atomic E-state index is 11.8. The molecule has 17 heavy (non-hydrogen) atoms. The van der Waals surface area contributed by atoms with Crippen LogP contribution in [0.2, 0.25) is 10.0 Å². The third kappa shape index (κ3) is 4.66. The highest BCUT2D eigenvalue weighted by Gasteiger charge is 2.11. The Morgan fingerprint density at radius 1 is 1.35 bits per heavy atom. The zero-order chi connectivity index (χ0) is 12.8. The Hall–Kier alpha value is -0.570. The summed E-state index contributed by atoms with van der Waals surface area (Å²) in [7, 11) is 0. The number of hydrogen-bond acceptors (Lipinski definition) is 2. The van der Waals surface area contributed by atoms with E-state index < -0.39 is 0 Å². The van der Waals surface area contributed by atoms with Gasteiger partial charge in [0.15, 0.2) is 0 Å². The van der Waals surface area contributed by atoms with Crippen molar-refractivity contribution in [1.29, 1.82) is 0 Å². The Morgan fingerprint density at radius 3 is 2.59 bits per heavy atom. The Morgan fingerprint density at radius 2 is 2.06 bits per heavy atom. The standard InChI is InChI=1S/C13H17Cl2NO/c1-2-9(8-16)5-11(17)6-10-3-4-12(14)13(15)7-10/h3-4,7,9H,2,5-6,8,16H2,1H3. The summed E-state index contributed by atoms with van der Waals surface area (Å²) in [6.45, 7) is 2.60. The van der Waals surface area contributed by atoms with Crippen molar-refractivity contribution in [3.8, 4) is 0 Å². The molecule has 1 rings (SSSR count). The lowest BCUT2D eigenvalue weighted by molar-refractivity contribution is -0.119. The summed E-state index contributed by atoms with van der Waals surface area (Å²) >= 11 is 11.7. The molecule has 0 saturated heterocycles. The van der Waals surface area contributed by atoms with Crippen LogP contribution in [-0.4, -0.2) is 12.3 Å². The van der Waals surface area contributed by atoms with Gasteiger partial charge < -0.3 is 5.73 Å². The van der Waals surface area contributed by atoms with Crippen molar-refractivity contribution in [2.24, 2.45) is 11.7 Å². The summed E-state index contributed by atoms with van der Waals surface area (Å²) in [5.74, 6) is 0.478. The Bertz CT molecular complexity index is 389. The number of ketones is 1. The highest BCUT2D eigenvalue weighted by Crippen LogP contribution is 2.23. The third-order valence-electron chi connectivity index (χ3n) is 2.81. The summed E-state index contributed by atoms with van der Waals surface area (Å²) in [4.78, 5) is 11.8. The first kappa shape index (κ1) is 14.5. The molecule has 1 atom stereocenters. The van der Waals surface area contributed by atoms with Crippen molar-refractivity contribution in [1.82, 2.24) is 0 Å². The lowest BCUT2D eigenvalue weighted by Gasteiger charge is -2.10. The van der Waals surface area contributed by atoms with Gasteiger partial charge in [0.1, 0.15) is 5.78 Å². The summed E-state index contributed by atoms with van der Waals surface area (Å²) in [6, 6.07) is 5.29. The van der Waals surface area contributed by atoms with Crippen LogP contribution in [0.25, 0.3) is 0 Å². The molecule has 0 bridgehead atoms. The number of carbonyl (C=O) groups excluding carboxylic acids is 1. The van der Waals surface area contributed by atoms with E-state index in [1.807, 2.05) is 13.0 Å². The van der Waals surface area contributed by atoms with Crippen molar-refractivity contribution in [2.75, 3.05) is 6.54 Å². The van der Waals surface area contributed by atoms with Gasteiger partial charge in [-0.1, -0.05) is 42.6 Å². The van der Waals surface area contributed by atoms with Crippen LogP contribution in [-0.2, 0) is 11.2 Å². The molecule has 1 unspecified atom stereocenters. The lowest BCUT2D eigenvalue weighted by Crippen LogP contribution is -2.18. The molecule has 0 heterocycles. The van der Waals surface area contributed by atoms with Gasteiger partial charge in [-0.25, -0.2) is 0 Å². The van der Waals surface area contributed by atoms with E-state index in [2.05, 4.69) is 0 Å². The second-order valence-electron chi connectivity index (χ2n) is 4.18. The van der Waals surface area contributed by atoms with Crippen LogP contribution in [0, 0.1) is 5.92 Å². The van der Waals surface area contributed by atoms with E-state index in [-0.39, 0.29) is 11.7 Å². The van der Waals surface area contributed by atoms with Crippen molar-refractivity contribution in [2.45, 2.75) is 26.2 Å². The van der Waals surface area contributed by atoms with Crippen LogP contribution in [0.5, 0.6) is 0 Å². The molecule has 0 fully saturated rings. The van der Waals surface area contributed by atoms with E-state index >= 15 is 0 Å². The molecule has 0 aliphatic carbocycles. The normalized spacial score (nSPS) is 12.5. The minimum absolute atomic E-state index is 0.195. The van der Waals surface area contributed by atoms with E-state index in [1.165, 1.54) is 0 Å². The zero-order valence-corrected chi connectivity index (χ0v) is 11.4. The van der Waals surface area contributed by atoms with Gasteiger partial charge >= 0.3 is 0 Å². The first-order valence-electron chi connectivity index (χ1n) is 5.72. The monoisotopic (exact) mass is 273 g/mol. The molecule has 1 aromatic carbocycles. The van der Waals surface area contributed by atoms with Crippen LogP contribution in [0.3, 0.4) is 0 Å². The molecule has 2 N–H and O–H groups in total. The predicted molar refractivity (Wildman–Crippen MR) is 72.6 cm³/mol. The van der Waals surface area contributed by atoms with Gasteiger partial charge in [-0.2, -0.15) is 0 Å². The third-order valence-corrected chi connectivity index (χ3v) is 3.55. The minimum atomic E-state index is 0.195. The van der Waals surface area contributed by atoms with Gasteiger partial charge in [0.25, 0.3) is 0 Å². The first-order chi connectivity index (χ1) is 8.06. The van der Waals surface area contributed by atoms with E-state index in [1.54, 1.807) is 12.1 Å². The van der Waals surface area contributed by atoms with Gasteiger partial charge in [-0.3, -0.25) is 4.79 Å². The summed E-state index contributed by atoms with van der Waals surface area (Å²) in [6.07, 6.45) is 1.87. The van der Waals surface area contributed by atoms with Gasteiger partial charge in [0, 0.05) is 12.8 Å². The molecular formula is C13H17Cl2NO. The van der Waals surface area contributed by atoms with Gasteiger partial charge in [-0.15, -0.1) is 0 Å². The van der Waals surface area contributed by atoms with E-state index in [0.717, 1.165) is 12.0 Å². The quantitative estimate of drug-likeness (QED) is 0.863. The van der Waals surface area contributed by atoms with E-state index in [4.69, 9.17) is 28.9 Å². The van der Waals surface area contributed by atoms with Crippen LogP contribution < -0.4 is 5.73 Å². The molecule has 94 valence electrons. The van der Waals surface area contributed by atoms with Crippen molar-refractivity contribution in [3.63, 3.8) is 0 Å². The number of nitrogens with two attached hydrogens (primary N) is 1. The van der Waals surface area contributed by atoms with Crippen LogP contribution in [0.1, 0.15) is 25.3 Å².